The molecule has 2 atom stereocenters. The number of hydrogen-bond acceptors (Lipinski definition) is 4. The summed E-state index contributed by atoms with van der Waals surface area (Å²) in [5.41, 5.74) is -1.73. The van der Waals surface area contributed by atoms with Crippen LogP contribution in [0.2, 0.25) is 5.02 Å². The van der Waals surface area contributed by atoms with E-state index in [1.165, 1.54) is 49.4 Å². The second-order valence-corrected chi connectivity index (χ2v) is 11.9. The van der Waals surface area contributed by atoms with E-state index in [9.17, 15) is 35.6 Å². The third kappa shape index (κ3) is 7.80. The molecule has 0 aliphatic heterocycles. The van der Waals surface area contributed by atoms with Gasteiger partial charge in [-0.15, -0.1) is 0 Å². The number of amides is 2. The van der Waals surface area contributed by atoms with Crippen LogP contribution in [0.15, 0.2) is 77.7 Å². The second kappa shape index (κ2) is 13.6. The average Bonchev–Trinajstić information content (AvgIpc) is 2.95. The first kappa shape index (κ1) is 32.9. The zero-order valence-corrected chi connectivity index (χ0v) is 24.6. The molecule has 0 fully saturated rings. The molecule has 0 saturated carbocycles. The molecule has 3 rings (SSSR count). The molecule has 226 valence electrons. The predicted octanol–water partition coefficient (Wildman–Crippen LogP) is 6.03. The molecule has 3 aromatic carbocycles. The number of hydrogen-bond donors (Lipinski definition) is 1. The SMILES string of the molecule is CC[C@@H](C)NC(=O)[C@H](C)N(Cc1ccccc1F)C(=O)CN(c1cc(C(F)(F)F)ccc1Cl)S(=O)(=O)c1ccccc1. The monoisotopic (exact) mass is 627 g/mol. The Morgan fingerprint density at radius 3 is 2.19 bits per heavy atom. The van der Waals surface area contributed by atoms with E-state index in [1.54, 1.807) is 13.0 Å². The highest BCUT2D eigenvalue weighted by molar-refractivity contribution is 7.92. The largest absolute Gasteiger partial charge is 0.416 e. The van der Waals surface area contributed by atoms with Crippen molar-refractivity contribution in [3.8, 4) is 0 Å². The van der Waals surface area contributed by atoms with Crippen molar-refractivity contribution in [2.24, 2.45) is 0 Å². The summed E-state index contributed by atoms with van der Waals surface area (Å²) in [6.45, 7) is 3.52. The van der Waals surface area contributed by atoms with Crippen LogP contribution in [0.4, 0.5) is 23.2 Å². The van der Waals surface area contributed by atoms with E-state index in [2.05, 4.69) is 5.32 Å². The normalized spacial score (nSPS) is 13.2. The van der Waals surface area contributed by atoms with Crippen molar-refractivity contribution in [1.82, 2.24) is 10.2 Å². The molecule has 0 bridgehead atoms. The Balaban J connectivity index is 2.13. The molecule has 1 N–H and O–H groups in total. The van der Waals surface area contributed by atoms with Gasteiger partial charge in [0, 0.05) is 18.2 Å². The third-order valence-electron chi connectivity index (χ3n) is 6.62. The van der Waals surface area contributed by atoms with Crippen LogP contribution in [-0.2, 0) is 32.3 Å². The molecule has 3 aromatic rings. The fourth-order valence-electron chi connectivity index (χ4n) is 3.97. The molecule has 0 aliphatic carbocycles. The molecule has 42 heavy (non-hydrogen) atoms. The summed E-state index contributed by atoms with van der Waals surface area (Å²) < 4.78 is 83.5. The van der Waals surface area contributed by atoms with E-state index in [4.69, 9.17) is 11.6 Å². The smallest absolute Gasteiger partial charge is 0.352 e. The quantitative estimate of drug-likeness (QED) is 0.263. The van der Waals surface area contributed by atoms with Crippen molar-refractivity contribution in [2.75, 3.05) is 10.8 Å². The van der Waals surface area contributed by atoms with Crippen LogP contribution in [0.1, 0.15) is 38.3 Å². The molecule has 0 aliphatic rings. The standard InChI is InChI=1S/C29H30ClF4N3O4S/c1-4-19(2)35-28(39)20(3)36(17-21-10-8-9-13-25(21)31)27(38)18-37(42(40,41)23-11-6-5-7-12-23)26-16-22(29(32,33)34)14-15-24(26)30/h5-16,19-20H,4,17-18H2,1-3H3,(H,35,39)/t19-,20+/m1/s1. The number of alkyl halides is 3. The van der Waals surface area contributed by atoms with Gasteiger partial charge in [-0.3, -0.25) is 13.9 Å². The van der Waals surface area contributed by atoms with E-state index in [1.807, 2.05) is 6.92 Å². The Kier molecular flexibility index (Phi) is 10.6. The summed E-state index contributed by atoms with van der Waals surface area (Å²) in [6, 6.07) is 13.0. The van der Waals surface area contributed by atoms with Gasteiger partial charge in [-0.25, -0.2) is 12.8 Å². The third-order valence-corrected chi connectivity index (χ3v) is 8.71. The first-order valence-electron chi connectivity index (χ1n) is 12.9. The van der Waals surface area contributed by atoms with Crippen molar-refractivity contribution in [3.05, 3.63) is 94.8 Å². The number of halogens is 5. The second-order valence-electron chi connectivity index (χ2n) is 9.60. The zero-order valence-electron chi connectivity index (χ0n) is 23.0. The minimum atomic E-state index is -4.84. The lowest BCUT2D eigenvalue weighted by Gasteiger charge is -2.33. The van der Waals surface area contributed by atoms with Gasteiger partial charge in [-0.2, -0.15) is 13.2 Å². The molecule has 0 spiro atoms. The Morgan fingerprint density at radius 1 is 0.976 bits per heavy atom. The highest BCUT2D eigenvalue weighted by Crippen LogP contribution is 2.37. The minimum Gasteiger partial charge on any atom is -0.352 e. The summed E-state index contributed by atoms with van der Waals surface area (Å²) in [5.74, 6) is -2.22. The van der Waals surface area contributed by atoms with Crippen LogP contribution in [0.5, 0.6) is 0 Å². The first-order chi connectivity index (χ1) is 19.7. The highest BCUT2D eigenvalue weighted by atomic mass is 35.5. The van der Waals surface area contributed by atoms with E-state index in [0.717, 1.165) is 17.0 Å². The summed E-state index contributed by atoms with van der Waals surface area (Å²) >= 11 is 6.22. The average molecular weight is 628 g/mol. The van der Waals surface area contributed by atoms with Crippen molar-refractivity contribution < 1.29 is 35.6 Å². The van der Waals surface area contributed by atoms with Gasteiger partial charge in [-0.1, -0.05) is 54.9 Å². The number of anilines is 1. The maximum Gasteiger partial charge on any atom is 0.416 e. The number of nitrogens with zero attached hydrogens (tertiary/aromatic N) is 2. The number of sulfonamides is 1. The Labute approximate surface area is 247 Å². The fraction of sp³-hybridized carbons (Fsp3) is 0.310. The van der Waals surface area contributed by atoms with E-state index < -0.39 is 64.2 Å². The molecule has 0 radical (unpaired) electrons. The Hall–Kier alpha value is -3.64. The van der Waals surface area contributed by atoms with Crippen molar-refractivity contribution >= 4 is 39.1 Å². The van der Waals surface area contributed by atoms with Crippen LogP contribution in [0.25, 0.3) is 0 Å². The Bertz CT molecular complexity index is 1520. The van der Waals surface area contributed by atoms with Gasteiger partial charge in [0.1, 0.15) is 18.4 Å². The molecule has 0 aromatic heterocycles. The Morgan fingerprint density at radius 2 is 1.60 bits per heavy atom. The number of benzene rings is 3. The lowest BCUT2D eigenvalue weighted by molar-refractivity contribution is -0.139. The lowest BCUT2D eigenvalue weighted by atomic mass is 10.1. The molecule has 0 heterocycles. The van der Waals surface area contributed by atoms with Crippen molar-refractivity contribution in [1.29, 1.82) is 0 Å². The van der Waals surface area contributed by atoms with Crippen LogP contribution >= 0.6 is 11.6 Å². The summed E-state index contributed by atoms with van der Waals surface area (Å²) in [7, 11) is -4.66. The number of carbonyl (C=O) groups is 2. The van der Waals surface area contributed by atoms with Crippen molar-refractivity contribution in [3.63, 3.8) is 0 Å². The maximum atomic E-state index is 14.6. The predicted molar refractivity (Wildman–Crippen MR) is 152 cm³/mol. The van der Waals surface area contributed by atoms with Gasteiger partial charge < -0.3 is 10.2 Å². The summed E-state index contributed by atoms with van der Waals surface area (Å²) in [6.07, 6.45) is -4.26. The summed E-state index contributed by atoms with van der Waals surface area (Å²) in [4.78, 5) is 27.6. The van der Waals surface area contributed by atoms with Gasteiger partial charge in [-0.05, 0) is 56.7 Å². The van der Waals surface area contributed by atoms with E-state index >= 15 is 0 Å². The topological polar surface area (TPSA) is 86.8 Å². The first-order valence-corrected chi connectivity index (χ1v) is 14.8. The maximum absolute atomic E-state index is 14.6. The number of rotatable bonds is 11. The summed E-state index contributed by atoms with van der Waals surface area (Å²) in [5, 5.41) is 2.37. The zero-order chi connectivity index (χ0) is 31.2. The van der Waals surface area contributed by atoms with Gasteiger partial charge >= 0.3 is 6.18 Å². The minimum absolute atomic E-state index is 0.0450. The van der Waals surface area contributed by atoms with Crippen molar-refractivity contribution in [2.45, 2.75) is 56.9 Å². The molecule has 2 amide bonds. The van der Waals surface area contributed by atoms with Crippen LogP contribution in [-0.4, -0.2) is 43.8 Å². The molecule has 0 saturated heterocycles. The fourth-order valence-corrected chi connectivity index (χ4v) is 5.69. The molecular formula is C29H30ClF4N3O4S. The highest BCUT2D eigenvalue weighted by Gasteiger charge is 2.36. The van der Waals surface area contributed by atoms with Crippen LogP contribution in [0.3, 0.4) is 0 Å². The van der Waals surface area contributed by atoms with Gasteiger partial charge in [0.2, 0.25) is 11.8 Å². The van der Waals surface area contributed by atoms with E-state index in [-0.39, 0.29) is 21.5 Å². The van der Waals surface area contributed by atoms with Gasteiger partial charge in [0.25, 0.3) is 10.0 Å². The van der Waals surface area contributed by atoms with Gasteiger partial charge in [0.05, 0.1) is 21.2 Å². The van der Waals surface area contributed by atoms with Crippen LogP contribution < -0.4 is 9.62 Å². The molecular weight excluding hydrogens is 598 g/mol. The number of nitrogens with one attached hydrogen (secondary N) is 1. The van der Waals surface area contributed by atoms with Crippen LogP contribution in [0, 0.1) is 5.82 Å². The molecule has 0 unspecified atom stereocenters. The lowest BCUT2D eigenvalue weighted by Crippen LogP contribution is -2.52. The van der Waals surface area contributed by atoms with Gasteiger partial charge in [0.15, 0.2) is 0 Å². The molecule has 13 heteroatoms. The van der Waals surface area contributed by atoms with E-state index in [0.29, 0.717) is 22.9 Å². The molecule has 7 nitrogen and oxygen atoms in total. The number of carbonyl (C=O) groups excluding carboxylic acids is 2.